The lowest BCUT2D eigenvalue weighted by Crippen LogP contribution is -2.43. The van der Waals surface area contributed by atoms with Crippen molar-refractivity contribution in [3.63, 3.8) is 0 Å². The summed E-state index contributed by atoms with van der Waals surface area (Å²) < 4.78 is 5.40. The lowest BCUT2D eigenvalue weighted by atomic mass is 10.0. The van der Waals surface area contributed by atoms with Gasteiger partial charge in [-0.1, -0.05) is 17.7 Å². The summed E-state index contributed by atoms with van der Waals surface area (Å²) >= 11 is 5.77. The maximum atomic E-state index is 12.7. The molecule has 0 spiro atoms. The first kappa shape index (κ1) is 20.0. The van der Waals surface area contributed by atoms with Crippen LogP contribution in [0.15, 0.2) is 18.3 Å². The van der Waals surface area contributed by atoms with Gasteiger partial charge in [-0.15, -0.1) is 0 Å². The van der Waals surface area contributed by atoms with Crippen LogP contribution in [0.4, 0.5) is 0 Å². The molecule has 1 aromatic heterocycles. The molecule has 1 N–H and O–H groups in total. The van der Waals surface area contributed by atoms with Crippen molar-refractivity contribution < 1.29 is 19.4 Å². The second-order valence-electron chi connectivity index (χ2n) is 7.18. The molecule has 2 amide bonds. The lowest BCUT2D eigenvalue weighted by Gasteiger charge is -2.28. The molecule has 1 aromatic rings. The van der Waals surface area contributed by atoms with Gasteiger partial charge in [-0.3, -0.25) is 9.59 Å². The number of nitrogens with zero attached hydrogens (tertiary/aromatic N) is 3. The Morgan fingerprint density at radius 2 is 2.04 bits per heavy atom. The normalized spacial score (nSPS) is 23.8. The number of carbonyl (C=O) groups excluding carboxylic acids is 2. The van der Waals surface area contributed by atoms with Gasteiger partial charge in [-0.25, -0.2) is 4.98 Å². The minimum Gasteiger partial charge on any atom is -0.389 e. The smallest absolute Gasteiger partial charge is 0.228 e. The third-order valence-corrected chi connectivity index (χ3v) is 5.32. The molecule has 3 heterocycles. The molecule has 7 nitrogen and oxygen atoms in total. The van der Waals surface area contributed by atoms with E-state index in [0.717, 1.165) is 18.4 Å². The first-order chi connectivity index (χ1) is 13.0. The van der Waals surface area contributed by atoms with Crippen molar-refractivity contribution in [3.8, 4) is 0 Å². The number of hydrogen-bond donors (Lipinski definition) is 1. The first-order valence-corrected chi connectivity index (χ1v) is 9.83. The monoisotopic (exact) mass is 395 g/mol. The van der Waals surface area contributed by atoms with Crippen LogP contribution < -0.4 is 0 Å². The van der Waals surface area contributed by atoms with Gasteiger partial charge in [0, 0.05) is 45.4 Å². The fraction of sp³-hybridized carbons (Fsp3) is 0.632. The molecule has 2 aliphatic rings. The molecule has 0 saturated carbocycles. The van der Waals surface area contributed by atoms with E-state index in [4.69, 9.17) is 16.3 Å². The molecule has 2 atom stereocenters. The quantitative estimate of drug-likeness (QED) is 0.772. The lowest BCUT2D eigenvalue weighted by molar-refractivity contribution is -0.140. The number of aliphatic hydroxyl groups is 1. The average molecular weight is 396 g/mol. The van der Waals surface area contributed by atoms with E-state index in [1.165, 1.54) is 0 Å². The van der Waals surface area contributed by atoms with E-state index in [1.807, 2.05) is 6.07 Å². The molecule has 3 rings (SSSR count). The number of amides is 2. The van der Waals surface area contributed by atoms with Crippen molar-refractivity contribution in [3.05, 3.63) is 29.0 Å². The molecule has 8 heteroatoms. The molecular weight excluding hydrogens is 370 g/mol. The first-order valence-electron chi connectivity index (χ1n) is 9.45. The van der Waals surface area contributed by atoms with Gasteiger partial charge >= 0.3 is 0 Å². The summed E-state index contributed by atoms with van der Waals surface area (Å²) in [7, 11) is 0. The number of ether oxygens (including phenoxy) is 1. The largest absolute Gasteiger partial charge is 0.389 e. The molecule has 2 fully saturated rings. The Hall–Kier alpha value is -1.70. The molecule has 2 unspecified atom stereocenters. The summed E-state index contributed by atoms with van der Waals surface area (Å²) in [5.74, 6) is -0.139. The van der Waals surface area contributed by atoms with Crippen molar-refractivity contribution >= 4 is 23.4 Å². The maximum Gasteiger partial charge on any atom is 0.228 e. The van der Waals surface area contributed by atoms with Crippen molar-refractivity contribution in [2.75, 3.05) is 39.4 Å². The van der Waals surface area contributed by atoms with Gasteiger partial charge in [0.1, 0.15) is 5.15 Å². The van der Waals surface area contributed by atoms with Gasteiger partial charge in [0.25, 0.3) is 0 Å². The fourth-order valence-corrected chi connectivity index (χ4v) is 3.69. The van der Waals surface area contributed by atoms with E-state index in [9.17, 15) is 14.7 Å². The highest BCUT2D eigenvalue weighted by molar-refractivity contribution is 6.29. The number of halogens is 1. The van der Waals surface area contributed by atoms with E-state index in [0.29, 0.717) is 44.3 Å². The van der Waals surface area contributed by atoms with E-state index >= 15 is 0 Å². The van der Waals surface area contributed by atoms with Crippen molar-refractivity contribution in [1.29, 1.82) is 0 Å². The Morgan fingerprint density at radius 1 is 1.26 bits per heavy atom. The standard InChI is InChI=1S/C19H26ClN3O4/c20-17-5-3-14(10-21-17)4-6-18(25)22-7-8-23(12-16(24)11-22)19(26)15-2-1-9-27-13-15/h3,5,10,15-16,24H,1-2,4,6-9,11-13H2. The Bertz CT molecular complexity index is 649. The van der Waals surface area contributed by atoms with Crippen LogP contribution in [0.1, 0.15) is 24.8 Å². The summed E-state index contributed by atoms with van der Waals surface area (Å²) in [5, 5.41) is 10.7. The van der Waals surface area contributed by atoms with Gasteiger partial charge in [0.15, 0.2) is 0 Å². The zero-order valence-corrected chi connectivity index (χ0v) is 16.1. The zero-order valence-electron chi connectivity index (χ0n) is 15.3. The predicted octanol–water partition coefficient (Wildman–Crippen LogP) is 1.13. The Balaban J connectivity index is 1.52. The maximum absolute atomic E-state index is 12.7. The van der Waals surface area contributed by atoms with E-state index in [2.05, 4.69) is 4.98 Å². The molecule has 148 valence electrons. The van der Waals surface area contributed by atoms with Gasteiger partial charge in [-0.2, -0.15) is 0 Å². The Morgan fingerprint density at radius 3 is 2.74 bits per heavy atom. The SMILES string of the molecule is O=C(CCc1ccc(Cl)nc1)N1CCN(C(=O)C2CCCOC2)CC(O)C1. The van der Waals surface area contributed by atoms with Crippen LogP contribution in [0.5, 0.6) is 0 Å². The average Bonchev–Trinajstić information content (AvgIpc) is 2.89. The number of β-amino-alcohol motifs (C(OH)–C–C–N with tert-alkyl or cyclic N) is 1. The Labute approximate surface area is 164 Å². The summed E-state index contributed by atoms with van der Waals surface area (Å²) in [6.07, 6.45) is 3.54. The topological polar surface area (TPSA) is 83.0 Å². The van der Waals surface area contributed by atoms with Gasteiger partial charge in [0.05, 0.1) is 18.6 Å². The number of hydrogen-bond acceptors (Lipinski definition) is 5. The molecule has 0 aromatic carbocycles. The van der Waals surface area contributed by atoms with Crippen molar-refractivity contribution in [2.24, 2.45) is 5.92 Å². The number of rotatable bonds is 4. The summed E-state index contributed by atoms with van der Waals surface area (Å²) in [6.45, 7) is 2.55. The van der Waals surface area contributed by atoms with Crippen LogP contribution in [0.25, 0.3) is 0 Å². The molecule has 0 aliphatic carbocycles. The minimum absolute atomic E-state index is 0.0234. The highest BCUT2D eigenvalue weighted by atomic mass is 35.5. The summed E-state index contributed by atoms with van der Waals surface area (Å²) in [6, 6.07) is 3.56. The number of pyridine rings is 1. The molecular formula is C19H26ClN3O4. The van der Waals surface area contributed by atoms with Gasteiger partial charge < -0.3 is 19.6 Å². The third kappa shape index (κ3) is 5.64. The van der Waals surface area contributed by atoms with Crippen LogP contribution in [0, 0.1) is 5.92 Å². The molecule has 2 saturated heterocycles. The highest BCUT2D eigenvalue weighted by Crippen LogP contribution is 2.18. The van der Waals surface area contributed by atoms with Crippen LogP contribution >= 0.6 is 11.6 Å². The van der Waals surface area contributed by atoms with Crippen molar-refractivity contribution in [1.82, 2.24) is 14.8 Å². The summed E-state index contributed by atoms with van der Waals surface area (Å²) in [4.78, 5) is 32.6. The second kappa shape index (κ2) is 9.48. The fourth-order valence-electron chi connectivity index (χ4n) is 3.57. The number of aromatic nitrogens is 1. The van der Waals surface area contributed by atoms with E-state index in [-0.39, 0.29) is 30.8 Å². The van der Waals surface area contributed by atoms with E-state index < -0.39 is 6.10 Å². The number of aryl methyl sites for hydroxylation is 1. The van der Waals surface area contributed by atoms with E-state index in [1.54, 1.807) is 22.1 Å². The number of carbonyl (C=O) groups is 2. The zero-order chi connectivity index (χ0) is 19.2. The molecule has 0 bridgehead atoms. The minimum atomic E-state index is -0.734. The van der Waals surface area contributed by atoms with Crippen LogP contribution in [-0.2, 0) is 20.7 Å². The molecule has 0 radical (unpaired) electrons. The Kier molecular flexibility index (Phi) is 7.04. The van der Waals surface area contributed by atoms with Crippen LogP contribution in [0.2, 0.25) is 5.15 Å². The molecule has 2 aliphatic heterocycles. The molecule has 27 heavy (non-hydrogen) atoms. The highest BCUT2D eigenvalue weighted by Gasteiger charge is 2.31. The van der Waals surface area contributed by atoms with Gasteiger partial charge in [0.2, 0.25) is 11.8 Å². The summed E-state index contributed by atoms with van der Waals surface area (Å²) in [5.41, 5.74) is 0.942. The predicted molar refractivity (Wildman–Crippen MR) is 100 cm³/mol. The second-order valence-corrected chi connectivity index (χ2v) is 7.57. The number of aliphatic hydroxyl groups excluding tert-OH is 1. The van der Waals surface area contributed by atoms with Crippen LogP contribution in [0.3, 0.4) is 0 Å². The third-order valence-electron chi connectivity index (χ3n) is 5.09. The van der Waals surface area contributed by atoms with Gasteiger partial charge in [-0.05, 0) is 30.9 Å². The van der Waals surface area contributed by atoms with Crippen LogP contribution in [-0.4, -0.2) is 77.2 Å². The van der Waals surface area contributed by atoms with Crippen molar-refractivity contribution in [2.45, 2.75) is 31.8 Å².